The first-order valence-electron chi connectivity index (χ1n) is 4.34. The molecule has 2 heteroatoms. The molecular weight excluding hydrogens is 148 g/mol. The van der Waals surface area contributed by atoms with Crippen LogP contribution in [0.15, 0.2) is 0 Å². The number of aromatic nitrogens is 2. The van der Waals surface area contributed by atoms with Crippen molar-refractivity contribution >= 4 is 0 Å². The standard InChI is InChI=1S/C10H18N2/c1-7-9(10(3,4)5)11-8(2)12(7)6/h1-6H3. The number of hydrogen-bond acceptors (Lipinski definition) is 1. The predicted molar refractivity (Wildman–Crippen MR) is 51.4 cm³/mol. The Morgan fingerprint density at radius 3 is 1.83 bits per heavy atom. The number of hydrogen-bond donors (Lipinski definition) is 0. The van der Waals surface area contributed by atoms with Crippen molar-refractivity contribution in [3.63, 3.8) is 0 Å². The molecular formula is C10H18N2. The number of nitrogens with zero attached hydrogens (tertiary/aromatic N) is 2. The highest BCUT2D eigenvalue weighted by molar-refractivity contribution is 5.22. The third-order valence-corrected chi connectivity index (χ3v) is 2.32. The topological polar surface area (TPSA) is 17.8 Å². The molecule has 0 aliphatic carbocycles. The van der Waals surface area contributed by atoms with Gasteiger partial charge in [0, 0.05) is 18.2 Å². The van der Waals surface area contributed by atoms with Crippen LogP contribution in [0.2, 0.25) is 0 Å². The van der Waals surface area contributed by atoms with Gasteiger partial charge in [0.05, 0.1) is 5.69 Å². The van der Waals surface area contributed by atoms with Gasteiger partial charge in [-0.2, -0.15) is 0 Å². The molecule has 0 N–H and O–H groups in total. The lowest BCUT2D eigenvalue weighted by Crippen LogP contribution is -2.13. The molecule has 0 atom stereocenters. The maximum Gasteiger partial charge on any atom is 0.105 e. The molecule has 0 amide bonds. The third-order valence-electron chi connectivity index (χ3n) is 2.32. The first-order valence-corrected chi connectivity index (χ1v) is 4.34. The number of imidazole rings is 1. The lowest BCUT2D eigenvalue weighted by atomic mass is 9.91. The van der Waals surface area contributed by atoms with Crippen LogP contribution >= 0.6 is 0 Å². The van der Waals surface area contributed by atoms with Gasteiger partial charge in [-0.3, -0.25) is 0 Å². The van der Waals surface area contributed by atoms with Gasteiger partial charge in [-0.1, -0.05) is 20.8 Å². The predicted octanol–water partition coefficient (Wildman–Crippen LogP) is 2.33. The van der Waals surface area contributed by atoms with Crippen molar-refractivity contribution < 1.29 is 0 Å². The van der Waals surface area contributed by atoms with Crippen molar-refractivity contribution in [1.82, 2.24) is 9.55 Å². The molecule has 1 aromatic rings. The molecule has 1 heterocycles. The van der Waals surface area contributed by atoms with E-state index in [-0.39, 0.29) is 5.41 Å². The first-order chi connectivity index (χ1) is 5.34. The average molecular weight is 166 g/mol. The van der Waals surface area contributed by atoms with Gasteiger partial charge in [0.1, 0.15) is 5.82 Å². The summed E-state index contributed by atoms with van der Waals surface area (Å²) in [7, 11) is 2.06. The maximum absolute atomic E-state index is 4.54. The van der Waals surface area contributed by atoms with Crippen molar-refractivity contribution in [2.45, 2.75) is 40.0 Å². The normalized spacial score (nSPS) is 12.2. The van der Waals surface area contributed by atoms with Gasteiger partial charge in [0.15, 0.2) is 0 Å². The first kappa shape index (κ1) is 9.30. The lowest BCUT2D eigenvalue weighted by Gasteiger charge is -2.16. The molecule has 0 radical (unpaired) electrons. The van der Waals surface area contributed by atoms with Crippen LogP contribution in [0.1, 0.15) is 38.0 Å². The Balaban J connectivity index is 3.28. The number of rotatable bonds is 0. The average Bonchev–Trinajstić information content (AvgIpc) is 2.15. The van der Waals surface area contributed by atoms with Crippen molar-refractivity contribution in [2.24, 2.45) is 7.05 Å². The summed E-state index contributed by atoms with van der Waals surface area (Å²) >= 11 is 0. The van der Waals surface area contributed by atoms with Crippen molar-refractivity contribution in [3.8, 4) is 0 Å². The van der Waals surface area contributed by atoms with Gasteiger partial charge in [-0.25, -0.2) is 4.98 Å². The smallest absolute Gasteiger partial charge is 0.105 e. The zero-order valence-corrected chi connectivity index (χ0v) is 8.89. The number of aryl methyl sites for hydroxylation is 1. The van der Waals surface area contributed by atoms with E-state index in [4.69, 9.17) is 0 Å². The summed E-state index contributed by atoms with van der Waals surface area (Å²) < 4.78 is 2.14. The van der Waals surface area contributed by atoms with Crippen LogP contribution in [0.25, 0.3) is 0 Å². The summed E-state index contributed by atoms with van der Waals surface area (Å²) in [5, 5.41) is 0. The quantitative estimate of drug-likeness (QED) is 0.578. The molecule has 0 bridgehead atoms. The van der Waals surface area contributed by atoms with Crippen LogP contribution in [0.3, 0.4) is 0 Å². The van der Waals surface area contributed by atoms with Crippen molar-refractivity contribution in [1.29, 1.82) is 0 Å². The summed E-state index contributed by atoms with van der Waals surface area (Å²) in [6.07, 6.45) is 0. The van der Waals surface area contributed by atoms with E-state index < -0.39 is 0 Å². The summed E-state index contributed by atoms with van der Waals surface area (Å²) in [4.78, 5) is 4.54. The van der Waals surface area contributed by atoms with Crippen LogP contribution in [-0.2, 0) is 12.5 Å². The van der Waals surface area contributed by atoms with E-state index in [2.05, 4.69) is 44.3 Å². The van der Waals surface area contributed by atoms with E-state index in [0.29, 0.717) is 0 Å². The molecule has 0 saturated carbocycles. The molecule has 0 aliphatic rings. The Labute approximate surface area is 74.6 Å². The molecule has 1 aromatic heterocycles. The van der Waals surface area contributed by atoms with Gasteiger partial charge >= 0.3 is 0 Å². The molecule has 12 heavy (non-hydrogen) atoms. The SMILES string of the molecule is Cc1nc(C(C)(C)C)c(C)n1C. The van der Waals surface area contributed by atoms with E-state index in [0.717, 1.165) is 5.82 Å². The van der Waals surface area contributed by atoms with Crippen molar-refractivity contribution in [2.75, 3.05) is 0 Å². The third kappa shape index (κ3) is 1.38. The van der Waals surface area contributed by atoms with Crippen LogP contribution in [0.4, 0.5) is 0 Å². The molecule has 0 unspecified atom stereocenters. The largest absolute Gasteiger partial charge is 0.335 e. The molecule has 2 nitrogen and oxygen atoms in total. The van der Waals surface area contributed by atoms with Gasteiger partial charge in [-0.05, 0) is 13.8 Å². The van der Waals surface area contributed by atoms with Crippen LogP contribution in [0.5, 0.6) is 0 Å². The summed E-state index contributed by atoms with van der Waals surface area (Å²) in [5.41, 5.74) is 2.65. The molecule has 68 valence electrons. The molecule has 0 spiro atoms. The van der Waals surface area contributed by atoms with E-state index in [1.54, 1.807) is 0 Å². The highest BCUT2D eigenvalue weighted by Crippen LogP contribution is 2.24. The van der Waals surface area contributed by atoms with Crippen LogP contribution < -0.4 is 0 Å². The Morgan fingerprint density at radius 1 is 1.17 bits per heavy atom. The summed E-state index contributed by atoms with van der Waals surface area (Å²) in [5.74, 6) is 1.09. The van der Waals surface area contributed by atoms with E-state index >= 15 is 0 Å². The minimum Gasteiger partial charge on any atom is -0.335 e. The Bertz CT molecular complexity index is 290. The van der Waals surface area contributed by atoms with Crippen molar-refractivity contribution in [3.05, 3.63) is 17.2 Å². The highest BCUT2D eigenvalue weighted by Gasteiger charge is 2.21. The second kappa shape index (κ2) is 2.61. The monoisotopic (exact) mass is 166 g/mol. The molecule has 0 saturated heterocycles. The Hall–Kier alpha value is -0.790. The second-order valence-corrected chi connectivity index (χ2v) is 4.40. The van der Waals surface area contributed by atoms with Gasteiger partial charge in [-0.15, -0.1) is 0 Å². The second-order valence-electron chi connectivity index (χ2n) is 4.40. The lowest BCUT2D eigenvalue weighted by molar-refractivity contribution is 0.566. The summed E-state index contributed by atoms with van der Waals surface area (Å²) in [6, 6.07) is 0. The fourth-order valence-corrected chi connectivity index (χ4v) is 1.43. The molecule has 1 rings (SSSR count). The molecule has 0 fully saturated rings. The fourth-order valence-electron chi connectivity index (χ4n) is 1.43. The minimum absolute atomic E-state index is 0.163. The summed E-state index contributed by atoms with van der Waals surface area (Å²) in [6.45, 7) is 10.8. The van der Waals surface area contributed by atoms with Crippen LogP contribution in [0, 0.1) is 13.8 Å². The molecule has 0 aromatic carbocycles. The van der Waals surface area contributed by atoms with E-state index in [1.165, 1.54) is 11.4 Å². The van der Waals surface area contributed by atoms with Gasteiger partial charge in [0.25, 0.3) is 0 Å². The maximum atomic E-state index is 4.54. The molecule has 0 aliphatic heterocycles. The minimum atomic E-state index is 0.163. The zero-order chi connectivity index (χ0) is 9.52. The highest BCUT2D eigenvalue weighted by atomic mass is 15.1. The van der Waals surface area contributed by atoms with Gasteiger partial charge < -0.3 is 4.57 Å². The Morgan fingerprint density at radius 2 is 1.67 bits per heavy atom. The zero-order valence-electron chi connectivity index (χ0n) is 8.89. The van der Waals surface area contributed by atoms with Gasteiger partial charge in [0.2, 0.25) is 0 Å². The van der Waals surface area contributed by atoms with E-state index in [1.807, 2.05) is 6.92 Å². The fraction of sp³-hybridized carbons (Fsp3) is 0.700. The Kier molecular flexibility index (Phi) is 2.02. The van der Waals surface area contributed by atoms with E-state index in [9.17, 15) is 0 Å². The van der Waals surface area contributed by atoms with Crippen LogP contribution in [-0.4, -0.2) is 9.55 Å².